The van der Waals surface area contributed by atoms with Crippen molar-refractivity contribution in [1.29, 1.82) is 0 Å². The summed E-state index contributed by atoms with van der Waals surface area (Å²) < 4.78 is 4.99. The fourth-order valence-electron chi connectivity index (χ4n) is 2.37. The lowest BCUT2D eigenvalue weighted by molar-refractivity contribution is -0.148. The molecule has 0 aromatic heterocycles. The van der Waals surface area contributed by atoms with Crippen molar-refractivity contribution >= 4 is 17.6 Å². The Morgan fingerprint density at radius 3 is 2.53 bits per heavy atom. The molecule has 1 fully saturated rings. The minimum atomic E-state index is -0.300. The third-order valence-electron chi connectivity index (χ3n) is 3.35. The molecular formula is C15H19NO3. The molecule has 4 heteroatoms. The summed E-state index contributed by atoms with van der Waals surface area (Å²) in [4.78, 5) is 23.1. The van der Waals surface area contributed by atoms with Crippen molar-refractivity contribution in [3.05, 3.63) is 30.3 Å². The molecule has 0 atom stereocenters. The first-order chi connectivity index (χ1) is 9.24. The van der Waals surface area contributed by atoms with Crippen LogP contribution in [0, 0.1) is 5.92 Å². The van der Waals surface area contributed by atoms with Gasteiger partial charge in [0.05, 0.1) is 0 Å². The van der Waals surface area contributed by atoms with Gasteiger partial charge in [-0.05, 0) is 30.9 Å². The van der Waals surface area contributed by atoms with E-state index in [2.05, 4.69) is 5.32 Å². The van der Waals surface area contributed by atoms with Crippen LogP contribution in [0.3, 0.4) is 0 Å². The van der Waals surface area contributed by atoms with Gasteiger partial charge in [-0.25, -0.2) is 0 Å². The Labute approximate surface area is 113 Å². The summed E-state index contributed by atoms with van der Waals surface area (Å²) >= 11 is 0. The van der Waals surface area contributed by atoms with Gasteiger partial charge in [-0.15, -0.1) is 0 Å². The summed E-state index contributed by atoms with van der Waals surface area (Å²) in [6, 6.07) is 9.12. The second-order valence-electron chi connectivity index (χ2n) is 4.93. The van der Waals surface area contributed by atoms with Crippen molar-refractivity contribution in [2.24, 2.45) is 5.92 Å². The Balaban J connectivity index is 1.67. The number of ether oxygens (including phenoxy) is 1. The number of para-hydroxylation sites is 1. The molecule has 0 aliphatic heterocycles. The predicted molar refractivity (Wildman–Crippen MR) is 72.6 cm³/mol. The summed E-state index contributed by atoms with van der Waals surface area (Å²) in [6.07, 6.45) is 5.05. The molecule has 0 bridgehead atoms. The summed E-state index contributed by atoms with van der Waals surface area (Å²) in [6.45, 7) is -0.208. The van der Waals surface area contributed by atoms with Crippen molar-refractivity contribution in [3.63, 3.8) is 0 Å². The second-order valence-corrected chi connectivity index (χ2v) is 4.93. The number of rotatable bonds is 5. The molecule has 1 aromatic rings. The Kier molecular flexibility index (Phi) is 4.95. The van der Waals surface area contributed by atoms with Crippen molar-refractivity contribution in [2.45, 2.75) is 32.1 Å². The zero-order valence-electron chi connectivity index (χ0n) is 10.9. The summed E-state index contributed by atoms with van der Waals surface area (Å²) in [7, 11) is 0. The van der Waals surface area contributed by atoms with E-state index in [-0.39, 0.29) is 18.5 Å². The van der Waals surface area contributed by atoms with Gasteiger partial charge < -0.3 is 10.1 Å². The van der Waals surface area contributed by atoms with Crippen LogP contribution < -0.4 is 5.32 Å². The van der Waals surface area contributed by atoms with E-state index in [4.69, 9.17) is 4.74 Å². The minimum Gasteiger partial charge on any atom is -0.456 e. The lowest BCUT2D eigenvalue weighted by atomic mass is 10.1. The zero-order valence-corrected chi connectivity index (χ0v) is 10.9. The van der Waals surface area contributed by atoms with E-state index in [1.165, 1.54) is 12.8 Å². The van der Waals surface area contributed by atoms with E-state index < -0.39 is 0 Å². The van der Waals surface area contributed by atoms with Gasteiger partial charge in [-0.2, -0.15) is 0 Å². The molecule has 1 saturated carbocycles. The maximum absolute atomic E-state index is 11.6. The van der Waals surface area contributed by atoms with Gasteiger partial charge in [-0.1, -0.05) is 31.0 Å². The number of amides is 1. The van der Waals surface area contributed by atoms with Crippen LogP contribution in [0.2, 0.25) is 0 Å². The summed E-state index contributed by atoms with van der Waals surface area (Å²) in [5.41, 5.74) is 0.708. The van der Waals surface area contributed by atoms with E-state index in [1.807, 2.05) is 18.2 Å². The maximum Gasteiger partial charge on any atom is 0.306 e. The lowest BCUT2D eigenvalue weighted by Crippen LogP contribution is -2.21. The molecule has 0 heterocycles. The lowest BCUT2D eigenvalue weighted by Gasteiger charge is -2.09. The second kappa shape index (κ2) is 6.92. The highest BCUT2D eigenvalue weighted by atomic mass is 16.5. The monoisotopic (exact) mass is 261 g/mol. The van der Waals surface area contributed by atoms with Gasteiger partial charge in [0.2, 0.25) is 0 Å². The summed E-state index contributed by atoms with van der Waals surface area (Å²) in [5, 5.41) is 2.67. The van der Waals surface area contributed by atoms with Crippen LogP contribution in [0.25, 0.3) is 0 Å². The molecule has 0 unspecified atom stereocenters. The van der Waals surface area contributed by atoms with Gasteiger partial charge in [0, 0.05) is 12.1 Å². The Hall–Kier alpha value is -1.84. The Morgan fingerprint density at radius 2 is 1.84 bits per heavy atom. The van der Waals surface area contributed by atoms with Gasteiger partial charge >= 0.3 is 5.97 Å². The smallest absolute Gasteiger partial charge is 0.306 e. The third kappa shape index (κ3) is 4.73. The van der Waals surface area contributed by atoms with E-state index in [1.54, 1.807) is 12.1 Å². The molecule has 1 N–H and O–H groups in total. The molecule has 0 radical (unpaired) electrons. The topological polar surface area (TPSA) is 55.4 Å². The van der Waals surface area contributed by atoms with E-state index in [9.17, 15) is 9.59 Å². The Morgan fingerprint density at radius 1 is 1.16 bits per heavy atom. The van der Waals surface area contributed by atoms with Crippen LogP contribution >= 0.6 is 0 Å². The first-order valence-electron chi connectivity index (χ1n) is 6.74. The number of hydrogen-bond donors (Lipinski definition) is 1. The summed E-state index contributed by atoms with van der Waals surface area (Å²) in [5.74, 6) is -0.120. The Bertz CT molecular complexity index is 424. The SMILES string of the molecule is O=C(COC(=O)CC1CCCC1)Nc1ccccc1. The molecule has 4 nitrogen and oxygen atoms in total. The molecule has 19 heavy (non-hydrogen) atoms. The minimum absolute atomic E-state index is 0.208. The van der Waals surface area contributed by atoms with E-state index in [0.29, 0.717) is 18.0 Å². The fourth-order valence-corrected chi connectivity index (χ4v) is 2.37. The van der Waals surface area contributed by atoms with Gasteiger partial charge in [0.25, 0.3) is 5.91 Å². The van der Waals surface area contributed by atoms with Crippen molar-refractivity contribution in [1.82, 2.24) is 0 Å². The molecule has 0 spiro atoms. The van der Waals surface area contributed by atoms with Gasteiger partial charge in [0.15, 0.2) is 6.61 Å². The number of benzene rings is 1. The van der Waals surface area contributed by atoms with Crippen LogP contribution in [-0.4, -0.2) is 18.5 Å². The molecule has 2 rings (SSSR count). The van der Waals surface area contributed by atoms with Crippen LogP contribution in [-0.2, 0) is 14.3 Å². The first kappa shape index (κ1) is 13.6. The third-order valence-corrected chi connectivity index (χ3v) is 3.35. The predicted octanol–water partition coefficient (Wildman–Crippen LogP) is 2.75. The average Bonchev–Trinajstić information content (AvgIpc) is 2.90. The van der Waals surface area contributed by atoms with Gasteiger partial charge in [0.1, 0.15) is 0 Å². The zero-order chi connectivity index (χ0) is 13.5. The molecule has 0 saturated heterocycles. The average molecular weight is 261 g/mol. The van der Waals surface area contributed by atoms with Crippen LogP contribution in [0.4, 0.5) is 5.69 Å². The number of nitrogens with one attached hydrogen (secondary N) is 1. The van der Waals surface area contributed by atoms with Crippen molar-refractivity contribution in [3.8, 4) is 0 Å². The largest absolute Gasteiger partial charge is 0.456 e. The number of carbonyl (C=O) groups is 2. The normalized spacial score (nSPS) is 15.2. The highest BCUT2D eigenvalue weighted by molar-refractivity contribution is 5.92. The molecule has 1 aromatic carbocycles. The highest BCUT2D eigenvalue weighted by Gasteiger charge is 2.19. The number of esters is 1. The highest BCUT2D eigenvalue weighted by Crippen LogP contribution is 2.27. The van der Waals surface area contributed by atoms with E-state index in [0.717, 1.165) is 12.8 Å². The number of hydrogen-bond acceptors (Lipinski definition) is 3. The van der Waals surface area contributed by atoms with E-state index >= 15 is 0 Å². The molecule has 1 aliphatic rings. The quantitative estimate of drug-likeness (QED) is 0.829. The molecule has 1 aliphatic carbocycles. The molecule has 1 amide bonds. The van der Waals surface area contributed by atoms with Crippen LogP contribution in [0.5, 0.6) is 0 Å². The first-order valence-corrected chi connectivity index (χ1v) is 6.74. The fraction of sp³-hybridized carbons (Fsp3) is 0.467. The van der Waals surface area contributed by atoms with Crippen molar-refractivity contribution in [2.75, 3.05) is 11.9 Å². The van der Waals surface area contributed by atoms with Crippen LogP contribution in [0.15, 0.2) is 30.3 Å². The number of carbonyl (C=O) groups excluding carboxylic acids is 2. The molecule has 102 valence electrons. The van der Waals surface area contributed by atoms with Crippen LogP contribution in [0.1, 0.15) is 32.1 Å². The number of anilines is 1. The standard InChI is InChI=1S/C15H19NO3/c17-14(16-13-8-2-1-3-9-13)11-19-15(18)10-12-6-4-5-7-12/h1-3,8-9,12H,4-7,10-11H2,(H,16,17). The maximum atomic E-state index is 11.6. The molecular weight excluding hydrogens is 242 g/mol. The van der Waals surface area contributed by atoms with Crippen molar-refractivity contribution < 1.29 is 14.3 Å². The van der Waals surface area contributed by atoms with Gasteiger partial charge in [-0.3, -0.25) is 9.59 Å².